The molecular weight excluding hydrogens is 374 g/mol. The Hall–Kier alpha value is -1.30. The Morgan fingerprint density at radius 1 is 1.20 bits per heavy atom. The van der Waals surface area contributed by atoms with E-state index in [1.54, 1.807) is 6.07 Å². The predicted molar refractivity (Wildman–Crippen MR) is 109 cm³/mol. The van der Waals surface area contributed by atoms with Gasteiger partial charge in [0.2, 0.25) is 0 Å². The maximum atomic E-state index is 12.0. The maximum Gasteiger partial charge on any atom is 0.262 e. The van der Waals surface area contributed by atoms with Gasteiger partial charge in [0, 0.05) is 10.7 Å². The largest absolute Gasteiger partial charge is 0.484 e. The second-order valence-electron chi connectivity index (χ2n) is 5.80. The average Bonchev–Trinajstić information content (AvgIpc) is 2.64. The number of aryl methyl sites for hydroxylation is 1. The van der Waals surface area contributed by atoms with Crippen molar-refractivity contribution in [3.63, 3.8) is 0 Å². The van der Waals surface area contributed by atoms with Crippen molar-refractivity contribution in [3.05, 3.63) is 58.6 Å². The summed E-state index contributed by atoms with van der Waals surface area (Å²) < 4.78 is 6.09. The van der Waals surface area contributed by atoms with Gasteiger partial charge in [0.15, 0.2) is 6.61 Å². The van der Waals surface area contributed by atoms with Crippen LogP contribution < -0.4 is 10.1 Å². The molecule has 25 heavy (non-hydrogen) atoms. The number of hydrogen-bond acceptors (Lipinski definition) is 4. The summed E-state index contributed by atoms with van der Waals surface area (Å²) in [6.07, 6.45) is 1.29. The van der Waals surface area contributed by atoms with Crippen molar-refractivity contribution < 1.29 is 9.53 Å². The lowest BCUT2D eigenvalue weighted by atomic mass is 10.2. The second kappa shape index (κ2) is 8.88. The van der Waals surface area contributed by atoms with Crippen LogP contribution in [0.5, 0.6) is 5.75 Å². The van der Waals surface area contributed by atoms with Gasteiger partial charge in [-0.25, -0.2) is 0 Å². The molecular formula is C19H20ClNO2S2. The van der Waals surface area contributed by atoms with Gasteiger partial charge in [-0.3, -0.25) is 4.79 Å². The Bertz CT molecular complexity index is 731. The Morgan fingerprint density at radius 2 is 1.92 bits per heavy atom. The summed E-state index contributed by atoms with van der Waals surface area (Å²) in [4.78, 5) is 12.0. The fourth-order valence-electron chi connectivity index (χ4n) is 2.42. The SMILES string of the molecule is Cc1ccc(NC(=O)COc2ccc(C3SCCCS3)cc2)cc1Cl. The topological polar surface area (TPSA) is 38.3 Å². The number of benzene rings is 2. The first-order valence-corrected chi connectivity index (χ1v) is 10.6. The minimum absolute atomic E-state index is 0.0300. The van der Waals surface area contributed by atoms with Crippen molar-refractivity contribution in [2.45, 2.75) is 17.9 Å². The Kier molecular flexibility index (Phi) is 6.57. The zero-order valence-electron chi connectivity index (χ0n) is 14.0. The van der Waals surface area contributed by atoms with Crippen LogP contribution in [0.2, 0.25) is 5.02 Å². The van der Waals surface area contributed by atoms with Gasteiger partial charge in [-0.2, -0.15) is 0 Å². The van der Waals surface area contributed by atoms with Gasteiger partial charge in [-0.15, -0.1) is 23.5 Å². The molecule has 0 aliphatic carbocycles. The van der Waals surface area contributed by atoms with Crippen LogP contribution in [0.25, 0.3) is 0 Å². The van der Waals surface area contributed by atoms with Crippen LogP contribution in [0, 0.1) is 6.92 Å². The molecule has 1 N–H and O–H groups in total. The normalized spacial score (nSPS) is 15.0. The fourth-order valence-corrected chi connectivity index (χ4v) is 5.49. The van der Waals surface area contributed by atoms with E-state index in [0.717, 1.165) is 5.56 Å². The molecule has 6 heteroatoms. The average molecular weight is 394 g/mol. The third-order valence-corrected chi connectivity index (χ3v) is 7.23. The molecule has 2 aromatic rings. The van der Waals surface area contributed by atoms with Crippen molar-refractivity contribution in [3.8, 4) is 5.75 Å². The summed E-state index contributed by atoms with van der Waals surface area (Å²) in [5, 5.41) is 3.42. The first-order chi connectivity index (χ1) is 12.1. The minimum Gasteiger partial charge on any atom is -0.484 e. The van der Waals surface area contributed by atoms with Crippen LogP contribution in [-0.2, 0) is 4.79 Å². The Morgan fingerprint density at radius 3 is 2.60 bits per heavy atom. The summed E-state index contributed by atoms with van der Waals surface area (Å²) in [5.41, 5.74) is 2.96. The molecule has 0 radical (unpaired) electrons. The zero-order chi connectivity index (χ0) is 17.6. The number of carbonyl (C=O) groups is 1. The highest BCUT2D eigenvalue weighted by Gasteiger charge is 2.16. The number of carbonyl (C=O) groups excluding carboxylic acids is 1. The molecule has 0 atom stereocenters. The standard InChI is InChI=1S/C19H20ClNO2S2/c1-13-3-6-15(11-17(13)20)21-18(22)12-23-16-7-4-14(5-8-16)19-24-9-2-10-25-19/h3-8,11,19H,2,9-10,12H2,1H3,(H,21,22). The highest BCUT2D eigenvalue weighted by molar-refractivity contribution is 8.16. The molecule has 3 rings (SSSR count). The molecule has 132 valence electrons. The van der Waals surface area contributed by atoms with Crippen molar-refractivity contribution in [2.24, 2.45) is 0 Å². The number of anilines is 1. The summed E-state index contributed by atoms with van der Waals surface area (Å²) in [6, 6.07) is 13.5. The molecule has 1 saturated heterocycles. The number of hydrogen-bond donors (Lipinski definition) is 1. The van der Waals surface area contributed by atoms with Crippen molar-refractivity contribution in [1.29, 1.82) is 0 Å². The zero-order valence-corrected chi connectivity index (χ0v) is 16.3. The Labute approximate surface area is 161 Å². The fraction of sp³-hybridized carbons (Fsp3) is 0.316. The molecule has 0 saturated carbocycles. The maximum absolute atomic E-state index is 12.0. The number of rotatable bonds is 5. The van der Waals surface area contributed by atoms with Crippen molar-refractivity contribution in [2.75, 3.05) is 23.4 Å². The van der Waals surface area contributed by atoms with E-state index in [9.17, 15) is 4.79 Å². The molecule has 1 aliphatic rings. The van der Waals surface area contributed by atoms with Crippen LogP contribution >= 0.6 is 35.1 Å². The number of thioether (sulfide) groups is 2. The van der Waals surface area contributed by atoms with E-state index in [1.165, 1.54) is 23.5 Å². The van der Waals surface area contributed by atoms with Gasteiger partial charge in [0.25, 0.3) is 5.91 Å². The number of nitrogens with one attached hydrogen (secondary N) is 1. The van der Waals surface area contributed by atoms with Crippen molar-refractivity contribution in [1.82, 2.24) is 0 Å². The molecule has 0 bridgehead atoms. The van der Waals surface area contributed by atoms with Gasteiger partial charge >= 0.3 is 0 Å². The first kappa shape index (κ1) is 18.5. The third kappa shape index (κ3) is 5.33. The van der Waals surface area contributed by atoms with Gasteiger partial charge < -0.3 is 10.1 Å². The molecule has 1 aliphatic heterocycles. The van der Waals surface area contributed by atoms with Crippen LogP contribution in [0.1, 0.15) is 22.1 Å². The molecule has 1 heterocycles. The lowest BCUT2D eigenvalue weighted by Gasteiger charge is -2.21. The molecule has 1 amide bonds. The summed E-state index contributed by atoms with van der Waals surface area (Å²) in [7, 11) is 0. The van der Waals surface area contributed by atoms with E-state index < -0.39 is 0 Å². The van der Waals surface area contributed by atoms with Crippen LogP contribution in [0.3, 0.4) is 0 Å². The molecule has 0 unspecified atom stereocenters. The van der Waals surface area contributed by atoms with Gasteiger partial charge in [0.05, 0.1) is 4.58 Å². The number of ether oxygens (including phenoxy) is 1. The molecule has 3 nitrogen and oxygen atoms in total. The molecule has 1 fully saturated rings. The smallest absolute Gasteiger partial charge is 0.262 e. The van der Waals surface area contributed by atoms with Crippen LogP contribution in [0.15, 0.2) is 42.5 Å². The minimum atomic E-state index is -0.206. The summed E-state index contributed by atoms with van der Waals surface area (Å²) in [5.74, 6) is 2.94. The number of amides is 1. The van der Waals surface area contributed by atoms with Gasteiger partial charge in [0.1, 0.15) is 5.75 Å². The second-order valence-corrected chi connectivity index (χ2v) is 8.93. The van der Waals surface area contributed by atoms with Gasteiger partial charge in [-0.05, 0) is 60.2 Å². The van der Waals surface area contributed by atoms with E-state index in [2.05, 4.69) is 17.4 Å². The van der Waals surface area contributed by atoms with Crippen LogP contribution in [-0.4, -0.2) is 24.0 Å². The lowest BCUT2D eigenvalue weighted by Crippen LogP contribution is -2.20. The van der Waals surface area contributed by atoms with E-state index in [4.69, 9.17) is 16.3 Å². The van der Waals surface area contributed by atoms with E-state index in [1.807, 2.05) is 54.7 Å². The first-order valence-electron chi connectivity index (χ1n) is 8.14. The quantitative estimate of drug-likeness (QED) is 0.724. The predicted octanol–water partition coefficient (Wildman–Crippen LogP) is 5.53. The monoisotopic (exact) mass is 393 g/mol. The van der Waals surface area contributed by atoms with E-state index >= 15 is 0 Å². The summed E-state index contributed by atoms with van der Waals surface area (Å²) >= 11 is 10.0. The highest BCUT2D eigenvalue weighted by Crippen LogP contribution is 2.43. The number of halogens is 1. The summed E-state index contributed by atoms with van der Waals surface area (Å²) in [6.45, 7) is 1.89. The Balaban J connectivity index is 1.50. The van der Waals surface area contributed by atoms with Crippen LogP contribution in [0.4, 0.5) is 5.69 Å². The third-order valence-electron chi connectivity index (χ3n) is 3.80. The molecule has 0 aromatic heterocycles. The lowest BCUT2D eigenvalue weighted by molar-refractivity contribution is -0.118. The molecule has 2 aromatic carbocycles. The van der Waals surface area contributed by atoms with E-state index in [0.29, 0.717) is 21.0 Å². The van der Waals surface area contributed by atoms with Gasteiger partial charge in [-0.1, -0.05) is 29.8 Å². The van der Waals surface area contributed by atoms with Crippen molar-refractivity contribution >= 4 is 46.7 Å². The molecule has 0 spiro atoms. The van der Waals surface area contributed by atoms with E-state index in [-0.39, 0.29) is 12.5 Å². The highest BCUT2D eigenvalue weighted by atomic mass is 35.5.